The highest BCUT2D eigenvalue weighted by Gasteiger charge is 2.24. The first-order valence-corrected chi connectivity index (χ1v) is 9.12. The second kappa shape index (κ2) is 7.65. The second-order valence-electron chi connectivity index (χ2n) is 6.05. The van der Waals surface area contributed by atoms with Crippen LogP contribution in [0.25, 0.3) is 0 Å². The van der Waals surface area contributed by atoms with Gasteiger partial charge in [-0.15, -0.1) is 11.3 Å². The first kappa shape index (κ1) is 17.4. The van der Waals surface area contributed by atoms with Crippen molar-refractivity contribution in [2.24, 2.45) is 0 Å². The van der Waals surface area contributed by atoms with Gasteiger partial charge in [-0.3, -0.25) is 14.4 Å². The highest BCUT2D eigenvalue weighted by molar-refractivity contribution is 7.10. The summed E-state index contributed by atoms with van der Waals surface area (Å²) in [6.45, 7) is 3.75. The summed E-state index contributed by atoms with van der Waals surface area (Å²) in [5.41, 5.74) is -0.241. The lowest BCUT2D eigenvalue weighted by atomic mass is 10.3. The number of aryl methyl sites for hydroxylation is 1. The maximum absolute atomic E-state index is 12.6. The van der Waals surface area contributed by atoms with Gasteiger partial charge in [0, 0.05) is 43.2 Å². The summed E-state index contributed by atoms with van der Waals surface area (Å²) in [6, 6.07) is 6.46. The Hall–Kier alpha value is -2.41. The molecule has 0 atom stereocenters. The molecule has 2 aromatic rings. The lowest BCUT2D eigenvalue weighted by Crippen LogP contribution is -2.38. The Morgan fingerprint density at radius 3 is 2.64 bits per heavy atom. The molecule has 1 aliphatic rings. The molecule has 7 heteroatoms. The van der Waals surface area contributed by atoms with Crippen molar-refractivity contribution >= 4 is 23.2 Å². The smallest absolute Gasteiger partial charge is 0.289 e. The van der Waals surface area contributed by atoms with Gasteiger partial charge in [0.1, 0.15) is 5.76 Å². The predicted octanol–water partition coefficient (Wildman–Crippen LogP) is 1.93. The molecule has 0 bridgehead atoms. The number of carbonyl (C=O) groups excluding carboxylic acids is 2. The van der Waals surface area contributed by atoms with Gasteiger partial charge in [0.15, 0.2) is 11.2 Å². The molecule has 0 saturated carbocycles. The molecule has 1 aliphatic heterocycles. The van der Waals surface area contributed by atoms with Crippen molar-refractivity contribution in [1.29, 1.82) is 0 Å². The zero-order valence-corrected chi connectivity index (χ0v) is 14.9. The zero-order chi connectivity index (χ0) is 17.8. The van der Waals surface area contributed by atoms with E-state index in [2.05, 4.69) is 0 Å². The van der Waals surface area contributed by atoms with E-state index >= 15 is 0 Å². The molecule has 1 fully saturated rings. The molecule has 0 aromatic carbocycles. The summed E-state index contributed by atoms with van der Waals surface area (Å²) in [5, 5.41) is 1.96. The third-order valence-electron chi connectivity index (χ3n) is 4.14. The fourth-order valence-electron chi connectivity index (χ4n) is 2.91. The lowest BCUT2D eigenvalue weighted by Gasteiger charge is -2.21. The van der Waals surface area contributed by atoms with E-state index in [1.165, 1.54) is 12.1 Å². The van der Waals surface area contributed by atoms with Crippen LogP contribution in [0.4, 0.5) is 0 Å². The van der Waals surface area contributed by atoms with E-state index in [0.29, 0.717) is 44.8 Å². The third-order valence-corrected chi connectivity index (χ3v) is 5.02. The molecule has 132 valence electrons. The van der Waals surface area contributed by atoms with Crippen LogP contribution in [0, 0.1) is 6.92 Å². The Morgan fingerprint density at radius 1 is 1.16 bits per heavy atom. The van der Waals surface area contributed by atoms with Crippen LogP contribution in [-0.2, 0) is 11.2 Å². The van der Waals surface area contributed by atoms with Gasteiger partial charge < -0.3 is 14.2 Å². The van der Waals surface area contributed by atoms with E-state index in [1.54, 1.807) is 28.1 Å². The summed E-state index contributed by atoms with van der Waals surface area (Å²) in [6.07, 6.45) is 1.11. The molecule has 6 nitrogen and oxygen atoms in total. The van der Waals surface area contributed by atoms with E-state index in [1.807, 2.05) is 17.5 Å². The van der Waals surface area contributed by atoms with Gasteiger partial charge in [-0.25, -0.2) is 0 Å². The average Bonchev–Trinajstić information content (AvgIpc) is 2.94. The Balaban J connectivity index is 1.63. The third kappa shape index (κ3) is 4.36. The van der Waals surface area contributed by atoms with E-state index in [9.17, 15) is 14.4 Å². The minimum Gasteiger partial charge on any atom is -0.456 e. The van der Waals surface area contributed by atoms with Crippen molar-refractivity contribution < 1.29 is 14.0 Å². The first-order chi connectivity index (χ1) is 12.0. The van der Waals surface area contributed by atoms with Gasteiger partial charge in [0.05, 0.1) is 6.42 Å². The Morgan fingerprint density at radius 2 is 1.92 bits per heavy atom. The molecular formula is C18H20N2O4S. The van der Waals surface area contributed by atoms with Crippen molar-refractivity contribution in [3.8, 4) is 0 Å². The SMILES string of the molecule is Cc1cc(=O)cc(C(=O)N2CCCN(C(=O)Cc3cccs3)CC2)o1. The minimum atomic E-state index is -0.298. The van der Waals surface area contributed by atoms with Crippen LogP contribution >= 0.6 is 11.3 Å². The number of hydrogen-bond donors (Lipinski definition) is 0. The van der Waals surface area contributed by atoms with E-state index in [-0.39, 0.29) is 23.0 Å². The number of thiophene rings is 1. The van der Waals surface area contributed by atoms with Crippen LogP contribution in [0.1, 0.15) is 27.6 Å². The summed E-state index contributed by atoms with van der Waals surface area (Å²) in [4.78, 5) is 41.1. The lowest BCUT2D eigenvalue weighted by molar-refractivity contribution is -0.130. The maximum Gasteiger partial charge on any atom is 0.289 e. The molecular weight excluding hydrogens is 340 g/mol. The largest absolute Gasteiger partial charge is 0.456 e. The van der Waals surface area contributed by atoms with Crippen LogP contribution in [0.15, 0.2) is 38.9 Å². The van der Waals surface area contributed by atoms with Crippen molar-refractivity contribution in [1.82, 2.24) is 9.80 Å². The monoisotopic (exact) mass is 360 g/mol. The fraction of sp³-hybridized carbons (Fsp3) is 0.389. The molecule has 0 N–H and O–H groups in total. The number of hydrogen-bond acceptors (Lipinski definition) is 5. The topological polar surface area (TPSA) is 70.8 Å². The molecule has 2 amide bonds. The Bertz CT molecular complexity index is 813. The summed E-state index contributed by atoms with van der Waals surface area (Å²) in [5.74, 6) is 0.258. The van der Waals surface area contributed by atoms with Crippen LogP contribution in [0.3, 0.4) is 0 Å². The van der Waals surface area contributed by atoms with Gasteiger partial charge in [-0.2, -0.15) is 0 Å². The Kier molecular flexibility index (Phi) is 5.33. The molecule has 0 radical (unpaired) electrons. The summed E-state index contributed by atoms with van der Waals surface area (Å²) >= 11 is 1.57. The summed E-state index contributed by atoms with van der Waals surface area (Å²) < 4.78 is 5.39. The van der Waals surface area contributed by atoms with Gasteiger partial charge in [-0.05, 0) is 24.8 Å². The van der Waals surface area contributed by atoms with Gasteiger partial charge in [0.25, 0.3) is 5.91 Å². The van der Waals surface area contributed by atoms with E-state index in [0.717, 1.165) is 4.88 Å². The molecule has 0 spiro atoms. The van der Waals surface area contributed by atoms with Crippen molar-refractivity contribution in [3.63, 3.8) is 0 Å². The number of carbonyl (C=O) groups is 2. The normalized spacial score (nSPS) is 15.1. The second-order valence-corrected chi connectivity index (χ2v) is 7.08. The highest BCUT2D eigenvalue weighted by atomic mass is 32.1. The predicted molar refractivity (Wildman–Crippen MR) is 94.8 cm³/mol. The maximum atomic E-state index is 12.6. The molecule has 1 saturated heterocycles. The molecule has 0 unspecified atom stereocenters. The molecule has 2 aromatic heterocycles. The first-order valence-electron chi connectivity index (χ1n) is 8.24. The van der Waals surface area contributed by atoms with E-state index < -0.39 is 0 Å². The number of amides is 2. The number of rotatable bonds is 3. The van der Waals surface area contributed by atoms with Gasteiger partial charge in [-0.1, -0.05) is 6.07 Å². The highest BCUT2D eigenvalue weighted by Crippen LogP contribution is 2.13. The zero-order valence-electron chi connectivity index (χ0n) is 14.1. The minimum absolute atomic E-state index is 0.0587. The van der Waals surface area contributed by atoms with Gasteiger partial charge in [0.2, 0.25) is 5.91 Å². The average molecular weight is 360 g/mol. The van der Waals surface area contributed by atoms with Crippen LogP contribution in [0.2, 0.25) is 0 Å². The Labute approximate surface area is 149 Å². The van der Waals surface area contributed by atoms with Gasteiger partial charge >= 0.3 is 0 Å². The molecule has 0 aliphatic carbocycles. The quantitative estimate of drug-likeness (QED) is 0.839. The summed E-state index contributed by atoms with van der Waals surface area (Å²) in [7, 11) is 0. The number of nitrogens with zero attached hydrogens (tertiary/aromatic N) is 2. The molecule has 3 rings (SSSR count). The van der Waals surface area contributed by atoms with Crippen LogP contribution in [-0.4, -0.2) is 47.8 Å². The molecule has 25 heavy (non-hydrogen) atoms. The van der Waals surface area contributed by atoms with Crippen LogP contribution < -0.4 is 5.43 Å². The van der Waals surface area contributed by atoms with Crippen molar-refractivity contribution in [2.75, 3.05) is 26.2 Å². The van der Waals surface area contributed by atoms with Crippen molar-refractivity contribution in [2.45, 2.75) is 19.8 Å². The fourth-order valence-corrected chi connectivity index (χ4v) is 3.60. The van der Waals surface area contributed by atoms with Crippen molar-refractivity contribution in [3.05, 3.63) is 56.3 Å². The standard InChI is InChI=1S/C18H20N2O4S/c1-13-10-14(21)11-16(24-13)18(23)20-6-3-5-19(7-8-20)17(22)12-15-4-2-9-25-15/h2,4,9-11H,3,5-8,12H2,1H3. The van der Waals surface area contributed by atoms with Crippen LogP contribution in [0.5, 0.6) is 0 Å². The molecule has 3 heterocycles. The van der Waals surface area contributed by atoms with E-state index in [4.69, 9.17) is 4.42 Å².